The Balaban J connectivity index is 1.49. The summed E-state index contributed by atoms with van der Waals surface area (Å²) >= 11 is 0. The van der Waals surface area contributed by atoms with Gasteiger partial charge >= 0.3 is 5.97 Å². The van der Waals surface area contributed by atoms with Crippen LogP contribution in [0.1, 0.15) is 45.4 Å². The quantitative estimate of drug-likeness (QED) is 0.700. The molecule has 1 aliphatic carbocycles. The fourth-order valence-electron chi connectivity index (χ4n) is 3.78. The van der Waals surface area contributed by atoms with Gasteiger partial charge in [0.25, 0.3) is 11.8 Å². The zero-order valence-electron chi connectivity index (χ0n) is 16.6. The Hall–Kier alpha value is -2.57. The van der Waals surface area contributed by atoms with Crippen molar-refractivity contribution in [3.05, 3.63) is 24.3 Å². The molecule has 7 heteroatoms. The summed E-state index contributed by atoms with van der Waals surface area (Å²) < 4.78 is 10.7. The Morgan fingerprint density at radius 2 is 1.93 bits per heavy atom. The second kappa shape index (κ2) is 9.08. The van der Waals surface area contributed by atoms with Gasteiger partial charge in [-0.05, 0) is 31.9 Å². The van der Waals surface area contributed by atoms with Gasteiger partial charge in [0.2, 0.25) is 0 Å². The molecule has 1 aromatic carbocycles. The van der Waals surface area contributed by atoms with Crippen LogP contribution in [0.5, 0.6) is 5.75 Å². The SMILES string of the molecule is CC1Oc2ccccc2N(CCC(=O)OCC(=O)N(C)C2CCCCC2)C1=O. The average Bonchev–Trinajstić information content (AvgIpc) is 2.72. The lowest BCUT2D eigenvalue weighted by molar-refractivity contribution is -0.152. The summed E-state index contributed by atoms with van der Waals surface area (Å²) in [6.45, 7) is 1.62. The molecule has 0 aromatic heterocycles. The van der Waals surface area contributed by atoms with Gasteiger partial charge in [-0.3, -0.25) is 14.4 Å². The second-order valence-corrected chi connectivity index (χ2v) is 7.42. The molecule has 1 aliphatic heterocycles. The predicted molar refractivity (Wildman–Crippen MR) is 104 cm³/mol. The number of amides is 2. The van der Waals surface area contributed by atoms with E-state index in [0.717, 1.165) is 25.7 Å². The van der Waals surface area contributed by atoms with Gasteiger partial charge in [0.1, 0.15) is 5.75 Å². The van der Waals surface area contributed by atoms with Crippen LogP contribution in [-0.2, 0) is 19.1 Å². The van der Waals surface area contributed by atoms with Crippen LogP contribution in [0.2, 0.25) is 0 Å². The summed E-state index contributed by atoms with van der Waals surface area (Å²) in [5.41, 5.74) is 0.645. The molecule has 1 atom stereocenters. The van der Waals surface area contributed by atoms with Crippen LogP contribution in [0.3, 0.4) is 0 Å². The van der Waals surface area contributed by atoms with Crippen LogP contribution in [-0.4, -0.2) is 55.0 Å². The average molecular weight is 388 g/mol. The van der Waals surface area contributed by atoms with Gasteiger partial charge in [-0.25, -0.2) is 0 Å². The molecule has 1 saturated carbocycles. The van der Waals surface area contributed by atoms with Gasteiger partial charge in [0.05, 0.1) is 12.1 Å². The Morgan fingerprint density at radius 3 is 2.68 bits per heavy atom. The number of fused-ring (bicyclic) bond motifs is 1. The topological polar surface area (TPSA) is 76.2 Å². The molecule has 0 saturated heterocycles. The van der Waals surface area contributed by atoms with Gasteiger partial charge < -0.3 is 19.3 Å². The minimum absolute atomic E-state index is 0.0210. The number of carbonyl (C=O) groups excluding carboxylic acids is 3. The molecule has 28 heavy (non-hydrogen) atoms. The van der Waals surface area contributed by atoms with Crippen LogP contribution in [0.25, 0.3) is 0 Å². The van der Waals surface area contributed by atoms with Crippen molar-refractivity contribution in [1.82, 2.24) is 4.90 Å². The molecule has 152 valence electrons. The van der Waals surface area contributed by atoms with E-state index in [4.69, 9.17) is 9.47 Å². The standard InChI is InChI=1S/C21H28N2O5/c1-15-21(26)23(17-10-6-7-11-18(17)28-15)13-12-20(25)27-14-19(24)22(2)16-8-4-3-5-9-16/h6-7,10-11,15-16H,3-5,8-9,12-14H2,1-2H3. The van der Waals surface area contributed by atoms with Gasteiger partial charge in [0, 0.05) is 19.6 Å². The predicted octanol–water partition coefficient (Wildman–Crippen LogP) is 2.52. The van der Waals surface area contributed by atoms with Crippen molar-refractivity contribution in [1.29, 1.82) is 0 Å². The van der Waals surface area contributed by atoms with Crippen molar-refractivity contribution >= 4 is 23.5 Å². The lowest BCUT2D eigenvalue weighted by atomic mass is 9.94. The number of likely N-dealkylation sites (N-methyl/N-ethyl adjacent to an activating group) is 1. The lowest BCUT2D eigenvalue weighted by Gasteiger charge is -2.32. The molecule has 7 nitrogen and oxygen atoms in total. The summed E-state index contributed by atoms with van der Waals surface area (Å²) in [6, 6.07) is 7.47. The Bertz CT molecular complexity index is 729. The van der Waals surface area contributed by atoms with Crippen LogP contribution < -0.4 is 9.64 Å². The highest BCUT2D eigenvalue weighted by molar-refractivity contribution is 6.00. The first-order chi connectivity index (χ1) is 13.5. The van der Waals surface area contributed by atoms with E-state index in [9.17, 15) is 14.4 Å². The Kier molecular flexibility index (Phi) is 6.54. The number of esters is 1. The van der Waals surface area contributed by atoms with E-state index in [0.29, 0.717) is 11.4 Å². The number of benzene rings is 1. The van der Waals surface area contributed by atoms with Gasteiger partial charge in [-0.2, -0.15) is 0 Å². The number of rotatable bonds is 6. The molecule has 1 unspecified atom stereocenters. The van der Waals surface area contributed by atoms with Crippen LogP contribution in [0.4, 0.5) is 5.69 Å². The first-order valence-electron chi connectivity index (χ1n) is 9.95. The molecular weight excluding hydrogens is 360 g/mol. The molecule has 0 bridgehead atoms. The number of carbonyl (C=O) groups is 3. The molecule has 0 spiro atoms. The van der Waals surface area contributed by atoms with E-state index in [1.807, 2.05) is 12.1 Å². The van der Waals surface area contributed by atoms with Gasteiger partial charge in [0.15, 0.2) is 12.7 Å². The maximum atomic E-state index is 12.4. The first-order valence-corrected chi connectivity index (χ1v) is 9.95. The number of ether oxygens (including phenoxy) is 2. The fourth-order valence-corrected chi connectivity index (χ4v) is 3.78. The van der Waals surface area contributed by atoms with Crippen LogP contribution in [0, 0.1) is 0 Å². The number of hydrogen-bond acceptors (Lipinski definition) is 5. The number of para-hydroxylation sites is 2. The number of anilines is 1. The van der Waals surface area contributed by atoms with E-state index in [1.54, 1.807) is 35.9 Å². The third-order valence-electron chi connectivity index (χ3n) is 5.49. The smallest absolute Gasteiger partial charge is 0.308 e. The molecular formula is C21H28N2O5. The van der Waals surface area contributed by atoms with Crippen molar-refractivity contribution in [3.8, 4) is 5.75 Å². The number of nitrogens with zero attached hydrogens (tertiary/aromatic N) is 2. The molecule has 2 aliphatic rings. The Morgan fingerprint density at radius 1 is 1.21 bits per heavy atom. The minimum Gasteiger partial charge on any atom is -0.479 e. The monoisotopic (exact) mass is 388 g/mol. The highest BCUT2D eigenvalue weighted by Gasteiger charge is 2.31. The molecule has 0 radical (unpaired) electrons. The third kappa shape index (κ3) is 4.64. The summed E-state index contributed by atoms with van der Waals surface area (Å²) in [4.78, 5) is 40.1. The molecule has 3 rings (SSSR count). The highest BCUT2D eigenvalue weighted by Crippen LogP contribution is 2.33. The van der Waals surface area contributed by atoms with Crippen molar-refractivity contribution in [2.45, 2.75) is 57.6 Å². The molecule has 2 amide bonds. The summed E-state index contributed by atoms with van der Waals surface area (Å²) in [5.74, 6) is -0.247. The molecule has 1 fully saturated rings. The van der Waals surface area contributed by atoms with Crippen molar-refractivity contribution < 1.29 is 23.9 Å². The van der Waals surface area contributed by atoms with E-state index in [-0.39, 0.29) is 37.4 Å². The lowest BCUT2D eigenvalue weighted by Crippen LogP contribution is -2.45. The molecule has 0 N–H and O–H groups in total. The maximum Gasteiger partial charge on any atom is 0.308 e. The van der Waals surface area contributed by atoms with E-state index < -0.39 is 12.1 Å². The van der Waals surface area contributed by atoms with Crippen LogP contribution in [0.15, 0.2) is 24.3 Å². The van der Waals surface area contributed by atoms with E-state index >= 15 is 0 Å². The minimum atomic E-state index is -0.600. The van der Waals surface area contributed by atoms with Gasteiger partial charge in [-0.1, -0.05) is 31.4 Å². The summed E-state index contributed by atoms with van der Waals surface area (Å²) in [5, 5.41) is 0. The third-order valence-corrected chi connectivity index (χ3v) is 5.49. The normalized spacial score (nSPS) is 19.6. The first kappa shape index (κ1) is 20.2. The van der Waals surface area contributed by atoms with Crippen LogP contribution >= 0.6 is 0 Å². The van der Waals surface area contributed by atoms with Crippen molar-refractivity contribution in [3.63, 3.8) is 0 Å². The van der Waals surface area contributed by atoms with E-state index in [2.05, 4.69) is 0 Å². The number of hydrogen-bond donors (Lipinski definition) is 0. The molecule has 1 heterocycles. The van der Waals surface area contributed by atoms with Crippen molar-refractivity contribution in [2.75, 3.05) is 25.1 Å². The van der Waals surface area contributed by atoms with Gasteiger partial charge in [-0.15, -0.1) is 0 Å². The largest absolute Gasteiger partial charge is 0.479 e. The summed E-state index contributed by atoms with van der Waals surface area (Å²) in [7, 11) is 1.77. The van der Waals surface area contributed by atoms with E-state index in [1.165, 1.54) is 6.42 Å². The Labute approximate surface area is 165 Å². The highest BCUT2D eigenvalue weighted by atomic mass is 16.5. The molecule has 1 aromatic rings. The summed E-state index contributed by atoms with van der Waals surface area (Å²) in [6.07, 6.45) is 4.92. The maximum absolute atomic E-state index is 12.4. The zero-order valence-corrected chi connectivity index (χ0v) is 16.6. The van der Waals surface area contributed by atoms with Crippen molar-refractivity contribution in [2.24, 2.45) is 0 Å². The zero-order chi connectivity index (χ0) is 20.1. The second-order valence-electron chi connectivity index (χ2n) is 7.42. The fraction of sp³-hybridized carbons (Fsp3) is 0.571.